The van der Waals surface area contributed by atoms with Crippen LogP contribution in [0.1, 0.15) is 28.1 Å². The standard InChI is InChI=1S/C15H13FN2O3S/c16-14-8-11(18(20)21)5-6-13(14)15(19)17(10-3-4-10)9-12-2-1-7-22-12/h1-2,5-8,10H,3-4,9H2. The van der Waals surface area contributed by atoms with Crippen molar-refractivity contribution >= 4 is 22.9 Å². The summed E-state index contributed by atoms with van der Waals surface area (Å²) in [5.74, 6) is -1.26. The molecule has 1 heterocycles. The van der Waals surface area contributed by atoms with Crippen LogP contribution in [-0.2, 0) is 6.54 Å². The van der Waals surface area contributed by atoms with Gasteiger partial charge >= 0.3 is 0 Å². The quantitative estimate of drug-likeness (QED) is 0.624. The van der Waals surface area contributed by atoms with Crippen molar-refractivity contribution in [1.29, 1.82) is 0 Å². The number of thiophene rings is 1. The van der Waals surface area contributed by atoms with Gasteiger partial charge in [0.15, 0.2) is 0 Å². The highest BCUT2D eigenvalue weighted by atomic mass is 32.1. The fraction of sp³-hybridized carbons (Fsp3) is 0.267. The SMILES string of the molecule is O=C(c1ccc([N+](=O)[O-])cc1F)N(Cc1cccs1)C1CC1. The molecule has 2 aromatic rings. The molecule has 1 aromatic heterocycles. The van der Waals surface area contributed by atoms with Gasteiger partial charge in [-0.3, -0.25) is 14.9 Å². The molecule has 1 aliphatic rings. The molecule has 0 N–H and O–H groups in total. The number of non-ortho nitro benzene ring substituents is 1. The van der Waals surface area contributed by atoms with Crippen LogP contribution in [0.3, 0.4) is 0 Å². The molecule has 0 spiro atoms. The van der Waals surface area contributed by atoms with Gasteiger partial charge in [0.2, 0.25) is 0 Å². The van der Waals surface area contributed by atoms with E-state index in [1.807, 2.05) is 17.5 Å². The lowest BCUT2D eigenvalue weighted by Gasteiger charge is -2.22. The number of carbonyl (C=O) groups is 1. The summed E-state index contributed by atoms with van der Waals surface area (Å²) >= 11 is 1.54. The van der Waals surface area contributed by atoms with Gasteiger partial charge in [-0.05, 0) is 30.4 Å². The van der Waals surface area contributed by atoms with E-state index in [1.54, 1.807) is 16.2 Å². The lowest BCUT2D eigenvalue weighted by Crippen LogP contribution is -2.32. The van der Waals surface area contributed by atoms with E-state index in [9.17, 15) is 19.3 Å². The lowest BCUT2D eigenvalue weighted by molar-refractivity contribution is -0.385. The van der Waals surface area contributed by atoms with Gasteiger partial charge < -0.3 is 4.90 Å². The van der Waals surface area contributed by atoms with Gasteiger partial charge in [0.25, 0.3) is 11.6 Å². The zero-order chi connectivity index (χ0) is 15.7. The molecule has 114 valence electrons. The van der Waals surface area contributed by atoms with Crippen LogP contribution in [0.2, 0.25) is 0 Å². The van der Waals surface area contributed by atoms with E-state index in [4.69, 9.17) is 0 Å². The Morgan fingerprint density at radius 3 is 2.73 bits per heavy atom. The number of rotatable bonds is 5. The number of halogens is 1. The van der Waals surface area contributed by atoms with Crippen LogP contribution >= 0.6 is 11.3 Å². The van der Waals surface area contributed by atoms with E-state index in [1.165, 1.54) is 6.07 Å². The molecule has 0 aliphatic heterocycles. The Morgan fingerprint density at radius 1 is 1.41 bits per heavy atom. The van der Waals surface area contributed by atoms with Gasteiger partial charge in [0, 0.05) is 17.0 Å². The van der Waals surface area contributed by atoms with E-state index in [-0.39, 0.29) is 17.3 Å². The lowest BCUT2D eigenvalue weighted by atomic mass is 10.1. The van der Waals surface area contributed by atoms with E-state index in [0.29, 0.717) is 6.54 Å². The van der Waals surface area contributed by atoms with Gasteiger partial charge in [-0.15, -0.1) is 11.3 Å². The van der Waals surface area contributed by atoms with Crippen molar-refractivity contribution in [2.45, 2.75) is 25.4 Å². The van der Waals surface area contributed by atoms with Crippen LogP contribution < -0.4 is 0 Å². The largest absolute Gasteiger partial charge is 0.330 e. The molecule has 0 saturated heterocycles. The predicted molar refractivity (Wildman–Crippen MR) is 80.3 cm³/mol. The summed E-state index contributed by atoms with van der Waals surface area (Å²) in [6, 6.07) is 7.11. The normalized spacial score (nSPS) is 13.9. The highest BCUT2D eigenvalue weighted by Crippen LogP contribution is 2.31. The molecular weight excluding hydrogens is 307 g/mol. The Labute approximate surface area is 130 Å². The summed E-state index contributed by atoms with van der Waals surface area (Å²) in [5.41, 5.74) is -0.473. The van der Waals surface area contributed by atoms with Crippen LogP contribution in [0.4, 0.5) is 10.1 Å². The molecule has 1 fully saturated rings. The zero-order valence-corrected chi connectivity index (χ0v) is 12.4. The third-order valence-corrected chi connectivity index (χ3v) is 4.41. The molecule has 0 atom stereocenters. The predicted octanol–water partition coefficient (Wildman–Crippen LogP) is 3.60. The molecule has 7 heteroatoms. The maximum Gasteiger partial charge on any atom is 0.272 e. The summed E-state index contributed by atoms with van der Waals surface area (Å²) < 4.78 is 14.0. The first-order valence-electron chi connectivity index (χ1n) is 6.83. The molecule has 1 aromatic carbocycles. The van der Waals surface area contributed by atoms with E-state index >= 15 is 0 Å². The van der Waals surface area contributed by atoms with Crippen molar-refractivity contribution in [1.82, 2.24) is 4.90 Å². The Balaban J connectivity index is 1.85. The topological polar surface area (TPSA) is 63.4 Å². The summed E-state index contributed by atoms with van der Waals surface area (Å²) in [6.07, 6.45) is 1.82. The Bertz CT molecular complexity index is 714. The van der Waals surface area contributed by atoms with Crippen molar-refractivity contribution in [3.05, 3.63) is 62.1 Å². The smallest absolute Gasteiger partial charge is 0.272 e. The number of hydrogen-bond acceptors (Lipinski definition) is 4. The average molecular weight is 320 g/mol. The molecule has 5 nitrogen and oxygen atoms in total. The first-order chi connectivity index (χ1) is 10.6. The van der Waals surface area contributed by atoms with Gasteiger partial charge in [-0.25, -0.2) is 4.39 Å². The maximum atomic E-state index is 14.0. The first kappa shape index (κ1) is 14.6. The monoisotopic (exact) mass is 320 g/mol. The van der Waals surface area contributed by atoms with Crippen molar-refractivity contribution in [2.75, 3.05) is 0 Å². The first-order valence-corrected chi connectivity index (χ1v) is 7.71. The second kappa shape index (κ2) is 5.84. The van der Waals surface area contributed by atoms with Crippen LogP contribution in [0.15, 0.2) is 35.7 Å². The summed E-state index contributed by atoms with van der Waals surface area (Å²) in [5, 5.41) is 12.6. The third kappa shape index (κ3) is 2.99. The number of nitro groups is 1. The summed E-state index contributed by atoms with van der Waals surface area (Å²) in [6.45, 7) is 0.442. The number of nitro benzene ring substituents is 1. The average Bonchev–Trinajstić information content (AvgIpc) is 3.20. The van der Waals surface area contributed by atoms with Crippen LogP contribution in [0, 0.1) is 15.9 Å². The Hall–Kier alpha value is -2.28. The number of amides is 1. The van der Waals surface area contributed by atoms with Gasteiger partial charge in [0.05, 0.1) is 23.1 Å². The van der Waals surface area contributed by atoms with Crippen LogP contribution in [0.25, 0.3) is 0 Å². The van der Waals surface area contributed by atoms with E-state index in [2.05, 4.69) is 0 Å². The second-order valence-corrected chi connectivity index (χ2v) is 6.20. The van der Waals surface area contributed by atoms with Crippen LogP contribution in [0.5, 0.6) is 0 Å². The molecule has 22 heavy (non-hydrogen) atoms. The highest BCUT2D eigenvalue weighted by molar-refractivity contribution is 7.09. The van der Waals surface area contributed by atoms with E-state index in [0.717, 1.165) is 29.9 Å². The van der Waals surface area contributed by atoms with Gasteiger partial charge in [0.1, 0.15) is 5.82 Å². The van der Waals surface area contributed by atoms with Crippen LogP contribution in [-0.4, -0.2) is 21.8 Å². The number of nitrogens with zero attached hydrogens (tertiary/aromatic N) is 2. The second-order valence-electron chi connectivity index (χ2n) is 5.16. The highest BCUT2D eigenvalue weighted by Gasteiger charge is 2.34. The minimum absolute atomic E-state index is 0.117. The molecular formula is C15H13FN2O3S. The molecule has 1 saturated carbocycles. The minimum Gasteiger partial charge on any atom is -0.330 e. The van der Waals surface area contributed by atoms with Crippen molar-refractivity contribution < 1.29 is 14.1 Å². The van der Waals surface area contributed by atoms with Gasteiger partial charge in [-0.2, -0.15) is 0 Å². The molecule has 0 bridgehead atoms. The molecule has 1 amide bonds. The summed E-state index contributed by atoms with van der Waals surface area (Å²) in [4.78, 5) is 25.2. The number of benzene rings is 1. The molecule has 0 radical (unpaired) electrons. The molecule has 1 aliphatic carbocycles. The summed E-state index contributed by atoms with van der Waals surface area (Å²) in [7, 11) is 0. The fourth-order valence-corrected chi connectivity index (χ4v) is 2.97. The third-order valence-electron chi connectivity index (χ3n) is 3.55. The molecule has 0 unspecified atom stereocenters. The maximum absolute atomic E-state index is 14.0. The fourth-order valence-electron chi connectivity index (χ4n) is 2.27. The number of hydrogen-bond donors (Lipinski definition) is 0. The van der Waals surface area contributed by atoms with Crippen molar-refractivity contribution in [3.63, 3.8) is 0 Å². The Morgan fingerprint density at radius 2 is 2.18 bits per heavy atom. The zero-order valence-electron chi connectivity index (χ0n) is 11.6. The molecule has 3 rings (SSSR count). The van der Waals surface area contributed by atoms with Crippen molar-refractivity contribution in [2.24, 2.45) is 0 Å². The number of carbonyl (C=O) groups excluding carboxylic acids is 1. The Kier molecular flexibility index (Phi) is 3.89. The van der Waals surface area contributed by atoms with Crippen molar-refractivity contribution in [3.8, 4) is 0 Å². The van der Waals surface area contributed by atoms with Gasteiger partial charge in [-0.1, -0.05) is 6.07 Å². The van der Waals surface area contributed by atoms with E-state index < -0.39 is 16.6 Å². The minimum atomic E-state index is -0.851.